The molecule has 4 rings (SSSR count). The zero-order chi connectivity index (χ0) is 21.8. The van der Waals surface area contributed by atoms with Gasteiger partial charge in [0.15, 0.2) is 0 Å². The summed E-state index contributed by atoms with van der Waals surface area (Å²) in [6.07, 6.45) is 0. The van der Waals surface area contributed by atoms with Gasteiger partial charge in [-0.25, -0.2) is 0 Å². The molecule has 0 aliphatic carbocycles. The molecule has 0 aliphatic heterocycles. The van der Waals surface area contributed by atoms with Crippen LogP contribution in [-0.4, -0.2) is 0 Å². The number of hydrogen-bond acceptors (Lipinski definition) is 4. The molecule has 0 radical (unpaired) electrons. The highest BCUT2D eigenvalue weighted by Crippen LogP contribution is 2.50. The first-order valence-corrected chi connectivity index (χ1v) is 11.7. The second kappa shape index (κ2) is 8.87. The van der Waals surface area contributed by atoms with E-state index in [1.54, 1.807) is 30.3 Å². The molecule has 4 aromatic rings. The molecular formula is C26H25O4P. The Hall–Kier alpha value is -3.23. The number of phosphoric acid groups is 1. The summed E-state index contributed by atoms with van der Waals surface area (Å²) in [7, 11) is -4.02. The molecule has 1 unspecified atom stereocenters. The van der Waals surface area contributed by atoms with Gasteiger partial charge in [-0.05, 0) is 65.6 Å². The van der Waals surface area contributed by atoms with E-state index < -0.39 is 7.82 Å². The van der Waals surface area contributed by atoms with Crippen molar-refractivity contribution in [3.05, 3.63) is 102 Å². The number of fused-ring (bicyclic) bond motifs is 1. The smallest absolute Gasteiger partial charge is 0.386 e. The molecule has 0 aromatic heterocycles. The number of phosphoric ester groups is 1. The Morgan fingerprint density at radius 2 is 1.16 bits per heavy atom. The second-order valence-electron chi connectivity index (χ2n) is 7.77. The number of benzene rings is 4. The summed E-state index contributed by atoms with van der Waals surface area (Å²) in [5.41, 5.74) is 2.24. The Morgan fingerprint density at radius 1 is 0.645 bits per heavy atom. The van der Waals surface area contributed by atoms with Crippen molar-refractivity contribution >= 4 is 18.6 Å². The lowest BCUT2D eigenvalue weighted by Gasteiger charge is -2.20. The SMILES string of the molecule is Cc1ccc(OP(=O)(Oc2ccc(C(C)C)cc2)Oc2ccc3ccccc3c2)cc1. The third-order valence-corrected chi connectivity index (χ3v) is 6.24. The van der Waals surface area contributed by atoms with E-state index in [1.807, 2.05) is 67.6 Å². The summed E-state index contributed by atoms with van der Waals surface area (Å²) in [5.74, 6) is 1.63. The third kappa shape index (κ3) is 5.28. The molecule has 0 heterocycles. The topological polar surface area (TPSA) is 44.8 Å². The molecule has 0 fully saturated rings. The van der Waals surface area contributed by atoms with Crippen molar-refractivity contribution in [2.45, 2.75) is 26.7 Å². The molecule has 158 valence electrons. The van der Waals surface area contributed by atoms with Gasteiger partial charge in [-0.3, -0.25) is 0 Å². The minimum atomic E-state index is -4.02. The Bertz CT molecular complexity index is 1210. The third-order valence-electron chi connectivity index (χ3n) is 4.94. The minimum Gasteiger partial charge on any atom is -0.386 e. The molecule has 0 N–H and O–H groups in total. The number of aryl methyl sites for hydroxylation is 1. The van der Waals surface area contributed by atoms with Gasteiger partial charge in [0.25, 0.3) is 0 Å². The highest BCUT2D eigenvalue weighted by molar-refractivity contribution is 7.49. The average molecular weight is 432 g/mol. The molecule has 4 aromatic carbocycles. The highest BCUT2D eigenvalue weighted by atomic mass is 31.2. The fourth-order valence-corrected chi connectivity index (χ4v) is 4.42. The van der Waals surface area contributed by atoms with Crippen molar-refractivity contribution in [1.29, 1.82) is 0 Å². The summed E-state index contributed by atoms with van der Waals surface area (Å²) in [4.78, 5) is 0. The summed E-state index contributed by atoms with van der Waals surface area (Å²) in [5, 5.41) is 2.04. The summed E-state index contributed by atoms with van der Waals surface area (Å²) in [6, 6.07) is 28.1. The van der Waals surface area contributed by atoms with Crippen LogP contribution in [0.4, 0.5) is 0 Å². The van der Waals surface area contributed by atoms with Crippen LogP contribution in [0.1, 0.15) is 30.9 Å². The predicted octanol–water partition coefficient (Wildman–Crippen LogP) is 7.92. The van der Waals surface area contributed by atoms with Crippen LogP contribution in [0.3, 0.4) is 0 Å². The van der Waals surface area contributed by atoms with E-state index in [0.717, 1.165) is 21.9 Å². The van der Waals surface area contributed by atoms with E-state index in [9.17, 15) is 4.57 Å². The number of rotatable bonds is 7. The predicted molar refractivity (Wildman–Crippen MR) is 125 cm³/mol. The first-order chi connectivity index (χ1) is 14.9. The Kier molecular flexibility index (Phi) is 6.01. The van der Waals surface area contributed by atoms with Gasteiger partial charge in [0, 0.05) is 0 Å². The maximum Gasteiger partial charge on any atom is 0.647 e. The molecule has 1 atom stereocenters. The maximum absolute atomic E-state index is 13.7. The van der Waals surface area contributed by atoms with Crippen LogP contribution < -0.4 is 13.6 Å². The summed E-state index contributed by atoms with van der Waals surface area (Å²) in [6.45, 7) is 6.20. The average Bonchev–Trinajstić information content (AvgIpc) is 2.75. The van der Waals surface area contributed by atoms with Crippen LogP contribution in [0.25, 0.3) is 10.8 Å². The summed E-state index contributed by atoms with van der Waals surface area (Å²) < 4.78 is 31.1. The molecule has 5 heteroatoms. The van der Waals surface area contributed by atoms with Gasteiger partial charge in [-0.15, -0.1) is 0 Å². The van der Waals surface area contributed by atoms with Crippen LogP contribution in [0.2, 0.25) is 0 Å². The molecule has 0 saturated carbocycles. The van der Waals surface area contributed by atoms with Crippen LogP contribution in [0.5, 0.6) is 17.2 Å². The Balaban J connectivity index is 1.64. The van der Waals surface area contributed by atoms with E-state index in [4.69, 9.17) is 13.6 Å². The minimum absolute atomic E-state index is 0.388. The maximum atomic E-state index is 13.7. The molecule has 4 nitrogen and oxygen atoms in total. The number of hydrogen-bond donors (Lipinski definition) is 0. The van der Waals surface area contributed by atoms with E-state index >= 15 is 0 Å². The van der Waals surface area contributed by atoms with E-state index in [-0.39, 0.29) is 0 Å². The van der Waals surface area contributed by atoms with E-state index in [1.165, 1.54) is 0 Å². The molecule has 31 heavy (non-hydrogen) atoms. The second-order valence-corrected chi connectivity index (χ2v) is 9.21. The van der Waals surface area contributed by atoms with Gasteiger partial charge in [-0.1, -0.05) is 74.0 Å². The Labute approximate surface area is 183 Å². The van der Waals surface area contributed by atoms with Crippen LogP contribution in [-0.2, 0) is 4.57 Å². The largest absolute Gasteiger partial charge is 0.647 e. The van der Waals surface area contributed by atoms with Crippen LogP contribution in [0.15, 0.2) is 91.0 Å². The van der Waals surface area contributed by atoms with Gasteiger partial charge in [0.2, 0.25) is 0 Å². The van der Waals surface area contributed by atoms with Crippen molar-refractivity contribution in [3.63, 3.8) is 0 Å². The van der Waals surface area contributed by atoms with Gasteiger partial charge < -0.3 is 13.6 Å². The zero-order valence-corrected chi connectivity index (χ0v) is 18.7. The van der Waals surface area contributed by atoms with Crippen molar-refractivity contribution < 1.29 is 18.1 Å². The van der Waals surface area contributed by atoms with Crippen molar-refractivity contribution in [2.75, 3.05) is 0 Å². The fourth-order valence-electron chi connectivity index (χ4n) is 3.18. The molecule has 0 spiro atoms. The van der Waals surface area contributed by atoms with Gasteiger partial charge in [-0.2, -0.15) is 4.57 Å². The lowest BCUT2D eigenvalue weighted by molar-refractivity contribution is 0.298. The molecular weight excluding hydrogens is 407 g/mol. The quantitative estimate of drug-likeness (QED) is 0.278. The highest BCUT2D eigenvalue weighted by Gasteiger charge is 2.33. The lowest BCUT2D eigenvalue weighted by atomic mass is 10.0. The van der Waals surface area contributed by atoms with Crippen molar-refractivity contribution in [2.24, 2.45) is 0 Å². The molecule has 0 bridgehead atoms. The van der Waals surface area contributed by atoms with Crippen LogP contribution in [0, 0.1) is 6.92 Å². The van der Waals surface area contributed by atoms with Gasteiger partial charge in [0.1, 0.15) is 17.2 Å². The normalized spacial score (nSPS) is 13.0. The standard InChI is InChI=1S/C26H25O4P/c1-19(2)21-10-15-25(16-11-21)29-31(27,28-24-13-8-20(3)9-14-24)30-26-17-12-22-6-4-5-7-23(22)18-26/h4-19H,1-3H3. The molecule has 0 amide bonds. The van der Waals surface area contributed by atoms with Gasteiger partial charge in [0.05, 0.1) is 0 Å². The zero-order valence-electron chi connectivity index (χ0n) is 17.8. The van der Waals surface area contributed by atoms with Gasteiger partial charge >= 0.3 is 7.82 Å². The molecule has 0 saturated heterocycles. The Morgan fingerprint density at radius 3 is 1.77 bits per heavy atom. The van der Waals surface area contributed by atoms with Crippen molar-refractivity contribution in [3.8, 4) is 17.2 Å². The molecule has 0 aliphatic rings. The van der Waals surface area contributed by atoms with Crippen LogP contribution >= 0.6 is 7.82 Å². The monoisotopic (exact) mass is 432 g/mol. The van der Waals surface area contributed by atoms with E-state index in [0.29, 0.717) is 23.2 Å². The fraction of sp³-hybridized carbons (Fsp3) is 0.154. The van der Waals surface area contributed by atoms with E-state index in [2.05, 4.69) is 13.8 Å². The lowest BCUT2D eigenvalue weighted by Crippen LogP contribution is -2.07. The first kappa shape index (κ1) is 21.0. The summed E-state index contributed by atoms with van der Waals surface area (Å²) >= 11 is 0. The van der Waals surface area contributed by atoms with Crippen molar-refractivity contribution in [1.82, 2.24) is 0 Å². The first-order valence-electron chi connectivity index (χ1n) is 10.2.